The van der Waals surface area contributed by atoms with Gasteiger partial charge in [-0.1, -0.05) is 11.8 Å². The van der Waals surface area contributed by atoms with E-state index in [-0.39, 0.29) is 10.7 Å². The molecular formula is C10H10N4O3S. The first-order valence-corrected chi connectivity index (χ1v) is 5.77. The van der Waals surface area contributed by atoms with Gasteiger partial charge in [0.2, 0.25) is 0 Å². The fourth-order valence-corrected chi connectivity index (χ4v) is 2.23. The van der Waals surface area contributed by atoms with Crippen molar-refractivity contribution in [2.45, 2.75) is 16.8 Å². The first-order valence-electron chi connectivity index (χ1n) is 4.96. The van der Waals surface area contributed by atoms with Gasteiger partial charge in [0.15, 0.2) is 5.03 Å². The van der Waals surface area contributed by atoms with Crippen molar-refractivity contribution < 1.29 is 9.34 Å². The lowest BCUT2D eigenvalue weighted by molar-refractivity contribution is -0.388. The molecule has 0 saturated carbocycles. The molecule has 3 N–H and O–H groups in total. The van der Waals surface area contributed by atoms with E-state index in [9.17, 15) is 10.1 Å². The molecule has 2 rings (SSSR count). The minimum Gasteiger partial charge on any atom is -0.468 e. The van der Waals surface area contributed by atoms with Crippen molar-refractivity contribution in [2.75, 3.05) is 5.43 Å². The van der Waals surface area contributed by atoms with E-state index in [1.165, 1.54) is 18.4 Å². The highest BCUT2D eigenvalue weighted by atomic mass is 32.2. The molecular weight excluding hydrogens is 256 g/mol. The minimum absolute atomic E-state index is 0.0698. The maximum atomic E-state index is 10.9. The summed E-state index contributed by atoms with van der Waals surface area (Å²) >= 11 is 1.16. The summed E-state index contributed by atoms with van der Waals surface area (Å²) in [6.07, 6.45) is 1.52. The first kappa shape index (κ1) is 12.4. The smallest absolute Gasteiger partial charge is 0.301 e. The fraction of sp³-hybridized carbons (Fsp3) is 0.100. The Kier molecular flexibility index (Phi) is 3.49. The van der Waals surface area contributed by atoms with E-state index in [0.29, 0.717) is 11.6 Å². The predicted octanol–water partition coefficient (Wildman–Crippen LogP) is 2.33. The number of anilines is 1. The van der Waals surface area contributed by atoms with Crippen LogP contribution in [0.3, 0.4) is 0 Å². The largest absolute Gasteiger partial charge is 0.468 e. The number of hydrazine groups is 1. The van der Waals surface area contributed by atoms with E-state index >= 15 is 0 Å². The zero-order valence-corrected chi connectivity index (χ0v) is 10.2. The zero-order chi connectivity index (χ0) is 13.1. The molecule has 0 bridgehead atoms. The molecule has 0 saturated heterocycles. The van der Waals surface area contributed by atoms with Gasteiger partial charge in [0.1, 0.15) is 11.6 Å². The molecule has 0 radical (unpaired) electrons. The number of hydrogen-bond acceptors (Lipinski definition) is 7. The van der Waals surface area contributed by atoms with Crippen LogP contribution in [0, 0.1) is 17.0 Å². The zero-order valence-electron chi connectivity index (χ0n) is 9.41. The number of nitro groups is 1. The topological polar surface area (TPSA) is 107 Å². The van der Waals surface area contributed by atoms with Crippen LogP contribution in [0.1, 0.15) is 5.76 Å². The number of nitrogens with two attached hydrogens (primary N) is 1. The van der Waals surface area contributed by atoms with Crippen LogP contribution in [0.15, 0.2) is 38.8 Å². The van der Waals surface area contributed by atoms with Crippen molar-refractivity contribution in [1.29, 1.82) is 0 Å². The number of aryl methyl sites for hydroxylation is 1. The fourth-order valence-electron chi connectivity index (χ4n) is 1.31. The lowest BCUT2D eigenvalue weighted by Crippen LogP contribution is -2.09. The molecule has 0 aromatic carbocycles. The highest BCUT2D eigenvalue weighted by Crippen LogP contribution is 2.35. The van der Waals surface area contributed by atoms with Gasteiger partial charge >= 0.3 is 5.69 Å². The Morgan fingerprint density at radius 1 is 1.50 bits per heavy atom. The van der Waals surface area contributed by atoms with Crippen molar-refractivity contribution in [2.24, 2.45) is 5.84 Å². The summed E-state index contributed by atoms with van der Waals surface area (Å²) < 4.78 is 5.13. The van der Waals surface area contributed by atoms with E-state index < -0.39 is 4.92 Å². The number of furan rings is 1. The van der Waals surface area contributed by atoms with Crippen LogP contribution in [0.5, 0.6) is 0 Å². The average molecular weight is 266 g/mol. The van der Waals surface area contributed by atoms with E-state index in [2.05, 4.69) is 10.4 Å². The van der Waals surface area contributed by atoms with Gasteiger partial charge in [-0.05, 0) is 19.1 Å². The Hall–Kier alpha value is -2.06. The summed E-state index contributed by atoms with van der Waals surface area (Å²) in [5, 5.41) is 11.2. The molecule has 2 heterocycles. The van der Waals surface area contributed by atoms with Crippen molar-refractivity contribution in [3.05, 3.63) is 40.3 Å². The second-order valence-electron chi connectivity index (χ2n) is 3.37. The molecule has 18 heavy (non-hydrogen) atoms. The molecule has 8 heteroatoms. The molecule has 94 valence electrons. The molecule has 0 fully saturated rings. The number of aromatic nitrogens is 1. The van der Waals surface area contributed by atoms with E-state index in [4.69, 9.17) is 10.3 Å². The summed E-state index contributed by atoms with van der Waals surface area (Å²) in [6, 6.07) is 4.54. The molecule has 2 aromatic rings. The number of hydrogen-bond donors (Lipinski definition) is 2. The monoisotopic (exact) mass is 266 g/mol. The Bertz CT molecular complexity index is 584. The number of nitrogen functional groups attached to an aromatic ring is 1. The third kappa shape index (κ3) is 2.44. The number of rotatable bonds is 4. The lowest BCUT2D eigenvalue weighted by Gasteiger charge is -2.04. The van der Waals surface area contributed by atoms with Crippen LogP contribution in [0.4, 0.5) is 11.5 Å². The maximum absolute atomic E-state index is 10.9. The normalized spacial score (nSPS) is 10.3. The average Bonchev–Trinajstić information content (AvgIpc) is 2.74. The summed E-state index contributed by atoms with van der Waals surface area (Å²) in [5.74, 6) is 6.29. The van der Waals surface area contributed by atoms with Gasteiger partial charge in [-0.3, -0.25) is 10.1 Å². The quantitative estimate of drug-likeness (QED) is 0.496. The van der Waals surface area contributed by atoms with Crippen LogP contribution in [0.2, 0.25) is 0 Å². The van der Waals surface area contributed by atoms with Gasteiger partial charge in [0.25, 0.3) is 0 Å². The van der Waals surface area contributed by atoms with Crippen molar-refractivity contribution in [1.82, 2.24) is 4.98 Å². The van der Waals surface area contributed by atoms with Crippen molar-refractivity contribution >= 4 is 23.3 Å². The second kappa shape index (κ2) is 5.07. The standard InChI is InChI=1S/C10H10N4O3S/c1-6-8(4-5-17-6)18-10-7(14(15)16)2-3-9(12-10)13-11/h2-5H,11H2,1H3,(H,12,13). The van der Waals surface area contributed by atoms with E-state index in [1.54, 1.807) is 13.0 Å². The molecule has 0 amide bonds. The number of nitrogens with zero attached hydrogens (tertiary/aromatic N) is 2. The minimum atomic E-state index is -0.481. The van der Waals surface area contributed by atoms with Crippen LogP contribution in [-0.2, 0) is 0 Å². The van der Waals surface area contributed by atoms with Crippen LogP contribution < -0.4 is 11.3 Å². The van der Waals surface area contributed by atoms with Gasteiger partial charge in [0, 0.05) is 6.07 Å². The lowest BCUT2D eigenvalue weighted by atomic mass is 10.4. The third-order valence-corrected chi connectivity index (χ3v) is 3.34. The Morgan fingerprint density at radius 3 is 2.83 bits per heavy atom. The van der Waals surface area contributed by atoms with Gasteiger partial charge in [0.05, 0.1) is 16.1 Å². The predicted molar refractivity (Wildman–Crippen MR) is 66.3 cm³/mol. The molecule has 0 unspecified atom stereocenters. The van der Waals surface area contributed by atoms with Gasteiger partial charge < -0.3 is 9.84 Å². The molecule has 0 aliphatic carbocycles. The van der Waals surface area contributed by atoms with E-state index in [1.807, 2.05) is 0 Å². The molecule has 0 spiro atoms. The molecule has 0 aliphatic rings. The summed E-state index contributed by atoms with van der Waals surface area (Å²) in [6.45, 7) is 1.78. The summed E-state index contributed by atoms with van der Waals surface area (Å²) in [7, 11) is 0. The Balaban J connectivity index is 2.41. The molecule has 0 atom stereocenters. The van der Waals surface area contributed by atoms with Crippen molar-refractivity contribution in [3.63, 3.8) is 0 Å². The van der Waals surface area contributed by atoms with Crippen LogP contribution in [-0.4, -0.2) is 9.91 Å². The van der Waals surface area contributed by atoms with Gasteiger partial charge in [-0.25, -0.2) is 10.8 Å². The number of pyridine rings is 1. The molecule has 2 aromatic heterocycles. The van der Waals surface area contributed by atoms with E-state index in [0.717, 1.165) is 16.7 Å². The second-order valence-corrected chi connectivity index (χ2v) is 4.40. The molecule has 7 nitrogen and oxygen atoms in total. The van der Waals surface area contributed by atoms with Crippen molar-refractivity contribution in [3.8, 4) is 0 Å². The van der Waals surface area contributed by atoms with Gasteiger partial charge in [-0.15, -0.1) is 0 Å². The SMILES string of the molecule is Cc1occc1Sc1nc(NN)ccc1[N+](=O)[O-]. The third-order valence-electron chi connectivity index (χ3n) is 2.20. The summed E-state index contributed by atoms with van der Waals surface area (Å²) in [5.41, 5.74) is 2.29. The Labute approximate surface area is 107 Å². The van der Waals surface area contributed by atoms with Crippen LogP contribution in [0.25, 0.3) is 0 Å². The summed E-state index contributed by atoms with van der Waals surface area (Å²) in [4.78, 5) is 15.3. The first-order chi connectivity index (χ1) is 8.61. The molecule has 0 aliphatic heterocycles. The highest BCUT2D eigenvalue weighted by molar-refractivity contribution is 7.99. The van der Waals surface area contributed by atoms with Gasteiger partial charge in [-0.2, -0.15) is 0 Å². The van der Waals surface area contributed by atoms with Crippen LogP contribution >= 0.6 is 11.8 Å². The highest BCUT2D eigenvalue weighted by Gasteiger charge is 2.18. The Morgan fingerprint density at radius 2 is 2.28 bits per heavy atom. The maximum Gasteiger partial charge on any atom is 0.301 e. The number of nitrogens with one attached hydrogen (secondary N) is 1.